The van der Waals surface area contributed by atoms with E-state index in [1.165, 1.54) is 0 Å². The maximum atomic E-state index is 10.8. The van der Waals surface area contributed by atoms with Gasteiger partial charge in [0.05, 0.1) is 5.52 Å². The third-order valence-corrected chi connectivity index (χ3v) is 2.56. The zero-order valence-corrected chi connectivity index (χ0v) is 9.27. The lowest BCUT2D eigenvalue weighted by molar-refractivity contribution is -0.138. The van der Waals surface area contributed by atoms with Crippen LogP contribution >= 0.6 is 11.6 Å². The number of nitrogens with zero attached hydrogens (tertiary/aromatic N) is 2. The maximum Gasteiger partial charge on any atom is 0.313 e. The predicted molar refractivity (Wildman–Crippen MR) is 60.6 cm³/mol. The molecule has 1 N–H and O–H groups in total. The zero-order chi connectivity index (χ0) is 11.7. The maximum absolute atomic E-state index is 10.8. The average Bonchev–Trinajstić information content (AvgIpc) is 2.26. The number of halogens is 1. The summed E-state index contributed by atoms with van der Waals surface area (Å²) in [6.07, 6.45) is 1.60. The summed E-state index contributed by atoms with van der Waals surface area (Å²) in [5, 5.41) is 10.3. The van der Waals surface area contributed by atoms with Gasteiger partial charge in [0, 0.05) is 16.6 Å². The monoisotopic (exact) mass is 236 g/mol. The van der Waals surface area contributed by atoms with Crippen molar-refractivity contribution in [3.05, 3.63) is 35.2 Å². The minimum absolute atomic E-state index is 0.294. The highest BCUT2D eigenvalue weighted by atomic mass is 35.5. The van der Waals surface area contributed by atoms with Crippen molar-refractivity contribution in [3.8, 4) is 0 Å². The van der Waals surface area contributed by atoms with E-state index in [4.69, 9.17) is 16.7 Å². The van der Waals surface area contributed by atoms with E-state index in [2.05, 4.69) is 9.97 Å². The van der Waals surface area contributed by atoms with E-state index < -0.39 is 11.9 Å². The van der Waals surface area contributed by atoms with Gasteiger partial charge >= 0.3 is 5.97 Å². The predicted octanol–water partition coefficient (Wildman–Crippen LogP) is 2.47. The lowest BCUT2D eigenvalue weighted by atomic mass is 10.1. The first-order valence-corrected chi connectivity index (χ1v) is 5.11. The van der Waals surface area contributed by atoms with Crippen LogP contribution in [-0.2, 0) is 4.79 Å². The van der Waals surface area contributed by atoms with E-state index in [1.807, 2.05) is 0 Å². The number of aliphatic carboxylic acids is 1. The van der Waals surface area contributed by atoms with E-state index in [1.54, 1.807) is 31.3 Å². The SMILES string of the molecule is CC(C(=O)O)c1ncc2ccc(Cl)cc2n1. The van der Waals surface area contributed by atoms with Crippen LogP contribution in [0.3, 0.4) is 0 Å². The molecule has 5 heteroatoms. The number of carbonyl (C=O) groups is 1. The van der Waals surface area contributed by atoms with E-state index in [-0.39, 0.29) is 0 Å². The van der Waals surface area contributed by atoms with Crippen LogP contribution < -0.4 is 0 Å². The Hall–Kier alpha value is -1.68. The molecule has 0 aliphatic carbocycles. The molecule has 0 fully saturated rings. The molecule has 1 unspecified atom stereocenters. The normalized spacial score (nSPS) is 12.6. The molecule has 2 aromatic rings. The number of hydrogen-bond acceptors (Lipinski definition) is 3. The first-order chi connectivity index (χ1) is 7.58. The van der Waals surface area contributed by atoms with Crippen LogP contribution in [0, 0.1) is 0 Å². The van der Waals surface area contributed by atoms with Gasteiger partial charge in [0.1, 0.15) is 11.7 Å². The molecule has 2 rings (SSSR count). The molecule has 1 aromatic heterocycles. The summed E-state index contributed by atoms with van der Waals surface area (Å²) < 4.78 is 0. The highest BCUT2D eigenvalue weighted by Crippen LogP contribution is 2.19. The van der Waals surface area contributed by atoms with Crippen molar-refractivity contribution in [2.75, 3.05) is 0 Å². The quantitative estimate of drug-likeness (QED) is 0.870. The Morgan fingerprint density at radius 2 is 2.25 bits per heavy atom. The fourth-order valence-electron chi connectivity index (χ4n) is 1.33. The molecule has 0 bridgehead atoms. The Morgan fingerprint density at radius 1 is 1.50 bits per heavy atom. The lowest BCUT2D eigenvalue weighted by Gasteiger charge is -2.05. The van der Waals surface area contributed by atoms with Gasteiger partial charge in [-0.1, -0.05) is 11.6 Å². The molecule has 0 spiro atoms. The summed E-state index contributed by atoms with van der Waals surface area (Å²) >= 11 is 5.84. The molecular formula is C11H9ClN2O2. The second-order valence-electron chi connectivity index (χ2n) is 3.49. The third-order valence-electron chi connectivity index (χ3n) is 2.32. The van der Waals surface area contributed by atoms with Gasteiger partial charge in [-0.05, 0) is 25.1 Å². The van der Waals surface area contributed by atoms with Crippen molar-refractivity contribution >= 4 is 28.5 Å². The molecule has 1 heterocycles. The van der Waals surface area contributed by atoms with Crippen molar-refractivity contribution in [1.29, 1.82) is 0 Å². The summed E-state index contributed by atoms with van der Waals surface area (Å²) in [6, 6.07) is 5.23. The van der Waals surface area contributed by atoms with Crippen LogP contribution in [0.2, 0.25) is 5.02 Å². The van der Waals surface area contributed by atoms with Crippen molar-refractivity contribution in [2.45, 2.75) is 12.8 Å². The zero-order valence-electron chi connectivity index (χ0n) is 8.51. The standard InChI is InChI=1S/C11H9ClN2O2/c1-6(11(15)16)10-13-5-7-2-3-8(12)4-9(7)14-10/h2-6H,1H3,(H,15,16). The number of aromatic nitrogens is 2. The molecule has 0 saturated carbocycles. The van der Waals surface area contributed by atoms with E-state index in [0.717, 1.165) is 5.39 Å². The Balaban J connectivity index is 2.54. The highest BCUT2D eigenvalue weighted by Gasteiger charge is 2.16. The second kappa shape index (κ2) is 4.06. The van der Waals surface area contributed by atoms with Crippen LogP contribution in [0.4, 0.5) is 0 Å². The van der Waals surface area contributed by atoms with Gasteiger partial charge in [-0.3, -0.25) is 4.79 Å². The van der Waals surface area contributed by atoms with Gasteiger partial charge in [-0.15, -0.1) is 0 Å². The molecule has 1 aromatic carbocycles. The molecule has 0 amide bonds. The van der Waals surface area contributed by atoms with Crippen LogP contribution in [0.5, 0.6) is 0 Å². The van der Waals surface area contributed by atoms with Crippen molar-refractivity contribution < 1.29 is 9.90 Å². The number of carboxylic acid groups (broad SMARTS) is 1. The summed E-state index contributed by atoms with van der Waals surface area (Å²) in [4.78, 5) is 19.0. The summed E-state index contributed by atoms with van der Waals surface area (Å²) in [5.74, 6) is -1.37. The highest BCUT2D eigenvalue weighted by molar-refractivity contribution is 6.31. The first-order valence-electron chi connectivity index (χ1n) is 4.73. The molecular weight excluding hydrogens is 228 g/mol. The summed E-state index contributed by atoms with van der Waals surface area (Å²) in [5.41, 5.74) is 0.658. The number of fused-ring (bicyclic) bond motifs is 1. The molecule has 0 aliphatic rings. The fourth-order valence-corrected chi connectivity index (χ4v) is 1.50. The number of carboxylic acids is 1. The van der Waals surface area contributed by atoms with Gasteiger partial charge in [-0.2, -0.15) is 0 Å². The Labute approximate surface area is 96.9 Å². The third kappa shape index (κ3) is 1.97. The molecule has 0 radical (unpaired) electrons. The lowest BCUT2D eigenvalue weighted by Crippen LogP contribution is -2.11. The van der Waals surface area contributed by atoms with E-state index in [9.17, 15) is 4.79 Å². The largest absolute Gasteiger partial charge is 0.481 e. The van der Waals surface area contributed by atoms with Crippen molar-refractivity contribution in [1.82, 2.24) is 9.97 Å². The van der Waals surface area contributed by atoms with Gasteiger partial charge in [0.2, 0.25) is 0 Å². The summed E-state index contributed by atoms with van der Waals surface area (Å²) in [6.45, 7) is 1.55. The first kappa shape index (κ1) is 10.8. The molecule has 0 saturated heterocycles. The van der Waals surface area contributed by atoms with Crippen molar-refractivity contribution in [2.24, 2.45) is 0 Å². The smallest absolute Gasteiger partial charge is 0.313 e. The van der Waals surface area contributed by atoms with Crippen molar-refractivity contribution in [3.63, 3.8) is 0 Å². The molecule has 4 nitrogen and oxygen atoms in total. The average molecular weight is 237 g/mol. The Morgan fingerprint density at radius 3 is 2.94 bits per heavy atom. The van der Waals surface area contributed by atoms with E-state index in [0.29, 0.717) is 16.4 Å². The minimum Gasteiger partial charge on any atom is -0.481 e. The Kier molecular flexibility index (Phi) is 2.75. The van der Waals surface area contributed by atoms with Crippen LogP contribution in [0.15, 0.2) is 24.4 Å². The molecule has 82 valence electrons. The van der Waals surface area contributed by atoms with E-state index >= 15 is 0 Å². The number of rotatable bonds is 2. The van der Waals surface area contributed by atoms with Gasteiger partial charge in [-0.25, -0.2) is 9.97 Å². The number of benzene rings is 1. The van der Waals surface area contributed by atoms with Crippen LogP contribution in [-0.4, -0.2) is 21.0 Å². The molecule has 0 aliphatic heterocycles. The van der Waals surface area contributed by atoms with Gasteiger partial charge < -0.3 is 5.11 Å². The topological polar surface area (TPSA) is 63.1 Å². The Bertz CT molecular complexity index is 557. The summed E-state index contributed by atoms with van der Waals surface area (Å²) in [7, 11) is 0. The van der Waals surface area contributed by atoms with Crippen LogP contribution in [0.25, 0.3) is 10.9 Å². The fraction of sp³-hybridized carbons (Fsp3) is 0.182. The van der Waals surface area contributed by atoms with Crippen LogP contribution in [0.1, 0.15) is 18.7 Å². The molecule has 1 atom stereocenters. The van der Waals surface area contributed by atoms with Gasteiger partial charge in [0.25, 0.3) is 0 Å². The number of hydrogen-bond donors (Lipinski definition) is 1. The second-order valence-corrected chi connectivity index (χ2v) is 3.93. The van der Waals surface area contributed by atoms with Gasteiger partial charge in [0.15, 0.2) is 0 Å². The minimum atomic E-state index is -0.943. The molecule has 16 heavy (non-hydrogen) atoms.